The van der Waals surface area contributed by atoms with E-state index in [4.69, 9.17) is 5.11 Å². The Hall–Kier alpha value is -1.82. The number of aromatic nitrogens is 1. The number of piperazine rings is 1. The van der Waals surface area contributed by atoms with Crippen LogP contribution in [0.5, 0.6) is 0 Å². The van der Waals surface area contributed by atoms with Crippen LogP contribution in [-0.4, -0.2) is 64.1 Å². The lowest BCUT2D eigenvalue weighted by Gasteiger charge is -2.35. The van der Waals surface area contributed by atoms with Gasteiger partial charge in [0.15, 0.2) is 0 Å². The molecular formula is C15H21N3O3. The molecule has 0 spiro atoms. The Morgan fingerprint density at radius 1 is 1.19 bits per heavy atom. The first-order valence-electron chi connectivity index (χ1n) is 7.55. The van der Waals surface area contributed by atoms with E-state index in [2.05, 4.69) is 4.57 Å². The van der Waals surface area contributed by atoms with E-state index in [0.29, 0.717) is 32.2 Å². The molecule has 1 aliphatic heterocycles. The number of carboxylic acid groups (broad SMARTS) is 1. The van der Waals surface area contributed by atoms with Crippen LogP contribution in [0, 0.1) is 0 Å². The smallest absolute Gasteiger partial charge is 0.317 e. The molecule has 6 heteroatoms. The van der Waals surface area contributed by atoms with Gasteiger partial charge in [0.25, 0.3) is 5.91 Å². The highest BCUT2D eigenvalue weighted by molar-refractivity contribution is 5.93. The summed E-state index contributed by atoms with van der Waals surface area (Å²) >= 11 is 0. The molecule has 0 atom stereocenters. The van der Waals surface area contributed by atoms with E-state index in [1.807, 2.05) is 28.1 Å². The lowest BCUT2D eigenvalue weighted by atomic mass is 9.93. The summed E-state index contributed by atoms with van der Waals surface area (Å²) in [4.78, 5) is 27.0. The first kappa shape index (κ1) is 14.1. The van der Waals surface area contributed by atoms with Crippen molar-refractivity contribution in [2.45, 2.75) is 25.3 Å². The second-order valence-electron chi connectivity index (χ2n) is 5.85. The normalized spacial score (nSPS) is 20.3. The molecule has 1 aliphatic carbocycles. The minimum atomic E-state index is -0.811. The van der Waals surface area contributed by atoms with Crippen LogP contribution < -0.4 is 0 Å². The van der Waals surface area contributed by atoms with Gasteiger partial charge in [-0.3, -0.25) is 14.5 Å². The van der Waals surface area contributed by atoms with Gasteiger partial charge in [-0.05, 0) is 31.4 Å². The Bertz CT molecular complexity index is 528. The zero-order valence-electron chi connectivity index (χ0n) is 12.1. The summed E-state index contributed by atoms with van der Waals surface area (Å²) in [6.07, 6.45) is 5.55. The van der Waals surface area contributed by atoms with Crippen molar-refractivity contribution < 1.29 is 14.7 Å². The number of rotatable bonds is 4. The van der Waals surface area contributed by atoms with Crippen molar-refractivity contribution in [1.29, 1.82) is 0 Å². The predicted molar refractivity (Wildman–Crippen MR) is 77.3 cm³/mol. The number of aliphatic carboxylic acids is 1. The minimum absolute atomic E-state index is 0.0560. The van der Waals surface area contributed by atoms with Gasteiger partial charge < -0.3 is 14.6 Å². The lowest BCUT2D eigenvalue weighted by molar-refractivity contribution is -0.138. The van der Waals surface area contributed by atoms with Crippen molar-refractivity contribution in [3.63, 3.8) is 0 Å². The fourth-order valence-electron chi connectivity index (χ4n) is 3.02. The molecule has 2 fully saturated rings. The molecule has 2 aliphatic rings. The van der Waals surface area contributed by atoms with E-state index in [1.54, 1.807) is 0 Å². The third-order valence-corrected chi connectivity index (χ3v) is 4.48. The zero-order chi connectivity index (χ0) is 14.8. The van der Waals surface area contributed by atoms with Crippen molar-refractivity contribution >= 4 is 11.9 Å². The fourth-order valence-corrected chi connectivity index (χ4v) is 3.02. The van der Waals surface area contributed by atoms with Crippen LogP contribution in [0.3, 0.4) is 0 Å². The molecule has 0 unspecified atom stereocenters. The van der Waals surface area contributed by atoms with E-state index in [1.165, 1.54) is 6.42 Å². The van der Waals surface area contributed by atoms with E-state index in [-0.39, 0.29) is 12.5 Å². The number of amides is 1. The average Bonchev–Trinajstić information content (AvgIpc) is 2.85. The molecule has 0 bridgehead atoms. The van der Waals surface area contributed by atoms with E-state index >= 15 is 0 Å². The highest BCUT2D eigenvalue weighted by Gasteiger charge is 2.28. The first-order valence-corrected chi connectivity index (χ1v) is 7.55. The molecule has 6 nitrogen and oxygen atoms in total. The predicted octanol–water partition coefficient (Wildman–Crippen LogP) is 1.06. The molecule has 114 valence electrons. The Balaban J connectivity index is 1.61. The Morgan fingerprint density at radius 3 is 2.48 bits per heavy atom. The van der Waals surface area contributed by atoms with Gasteiger partial charge in [-0.15, -0.1) is 0 Å². The molecule has 1 amide bonds. The number of carbonyl (C=O) groups excluding carboxylic acids is 1. The number of hydrogen-bond acceptors (Lipinski definition) is 3. The van der Waals surface area contributed by atoms with E-state index < -0.39 is 5.97 Å². The average molecular weight is 291 g/mol. The fraction of sp³-hybridized carbons (Fsp3) is 0.600. The monoisotopic (exact) mass is 291 g/mol. The van der Waals surface area contributed by atoms with Crippen molar-refractivity contribution in [3.05, 3.63) is 24.0 Å². The van der Waals surface area contributed by atoms with Gasteiger partial charge in [-0.2, -0.15) is 0 Å². The first-order chi connectivity index (χ1) is 10.1. The summed E-state index contributed by atoms with van der Waals surface area (Å²) in [6, 6.07) is 4.31. The van der Waals surface area contributed by atoms with Crippen molar-refractivity contribution in [3.8, 4) is 0 Å². The SMILES string of the molecule is O=C(O)CN1CCN(C(=O)c2cccn2C2CCC2)CC1. The highest BCUT2D eigenvalue weighted by Crippen LogP contribution is 2.33. The molecule has 3 rings (SSSR count). The second kappa shape index (κ2) is 5.89. The lowest BCUT2D eigenvalue weighted by Crippen LogP contribution is -2.50. The maximum atomic E-state index is 12.6. The van der Waals surface area contributed by atoms with Gasteiger partial charge in [0.2, 0.25) is 0 Å². The quantitative estimate of drug-likeness (QED) is 0.900. The summed E-state index contributed by atoms with van der Waals surface area (Å²) in [7, 11) is 0. The van der Waals surface area contributed by atoms with Gasteiger partial charge >= 0.3 is 5.97 Å². The third kappa shape index (κ3) is 2.95. The zero-order valence-corrected chi connectivity index (χ0v) is 12.1. The number of carboxylic acids is 1. The highest BCUT2D eigenvalue weighted by atomic mass is 16.4. The summed E-state index contributed by atoms with van der Waals surface area (Å²) < 4.78 is 2.11. The molecule has 0 aromatic carbocycles. The van der Waals surface area contributed by atoms with Gasteiger partial charge in [-0.25, -0.2) is 0 Å². The largest absolute Gasteiger partial charge is 0.480 e. The van der Waals surface area contributed by atoms with Gasteiger partial charge in [0.05, 0.1) is 6.54 Å². The summed E-state index contributed by atoms with van der Waals surface area (Å²) in [5, 5.41) is 8.80. The van der Waals surface area contributed by atoms with Crippen molar-refractivity contribution in [2.24, 2.45) is 0 Å². The van der Waals surface area contributed by atoms with Crippen LogP contribution in [0.15, 0.2) is 18.3 Å². The van der Waals surface area contributed by atoms with E-state index in [0.717, 1.165) is 18.5 Å². The van der Waals surface area contributed by atoms with Crippen LogP contribution >= 0.6 is 0 Å². The maximum Gasteiger partial charge on any atom is 0.317 e. The van der Waals surface area contributed by atoms with Gasteiger partial charge in [0.1, 0.15) is 5.69 Å². The molecule has 1 saturated carbocycles. The molecule has 1 saturated heterocycles. The summed E-state index contributed by atoms with van der Waals surface area (Å²) in [5.41, 5.74) is 0.770. The Morgan fingerprint density at radius 2 is 1.90 bits per heavy atom. The van der Waals surface area contributed by atoms with Crippen LogP contribution in [-0.2, 0) is 4.79 Å². The third-order valence-electron chi connectivity index (χ3n) is 4.48. The Kier molecular flexibility index (Phi) is 3.96. The van der Waals surface area contributed by atoms with Gasteiger partial charge in [0, 0.05) is 38.4 Å². The standard InChI is InChI=1S/C15H21N3O3/c19-14(20)11-16-7-9-17(10-8-16)15(21)13-5-2-6-18(13)12-3-1-4-12/h2,5-6,12H,1,3-4,7-11H2,(H,19,20). The Labute approximate surface area is 123 Å². The van der Waals surface area contributed by atoms with Crippen molar-refractivity contribution in [1.82, 2.24) is 14.4 Å². The molecule has 0 radical (unpaired) electrons. The second-order valence-corrected chi connectivity index (χ2v) is 5.85. The number of nitrogens with zero attached hydrogens (tertiary/aromatic N) is 3. The van der Waals surface area contributed by atoms with Crippen molar-refractivity contribution in [2.75, 3.05) is 32.7 Å². The molecule has 2 heterocycles. The minimum Gasteiger partial charge on any atom is -0.480 e. The van der Waals surface area contributed by atoms with Gasteiger partial charge in [-0.1, -0.05) is 0 Å². The topological polar surface area (TPSA) is 65.8 Å². The summed E-state index contributed by atoms with van der Waals surface area (Å²) in [5.74, 6) is -0.740. The number of carbonyl (C=O) groups is 2. The molecule has 1 N–H and O–H groups in total. The molecular weight excluding hydrogens is 270 g/mol. The number of hydrogen-bond donors (Lipinski definition) is 1. The van der Waals surface area contributed by atoms with Crippen LogP contribution in [0.4, 0.5) is 0 Å². The van der Waals surface area contributed by atoms with Crippen LogP contribution in [0.25, 0.3) is 0 Å². The maximum absolute atomic E-state index is 12.6. The summed E-state index contributed by atoms with van der Waals surface area (Å²) in [6.45, 7) is 2.51. The van der Waals surface area contributed by atoms with Crippen LogP contribution in [0.2, 0.25) is 0 Å². The molecule has 21 heavy (non-hydrogen) atoms. The van der Waals surface area contributed by atoms with E-state index in [9.17, 15) is 9.59 Å². The molecule has 1 aromatic rings. The molecule has 1 aromatic heterocycles. The van der Waals surface area contributed by atoms with Crippen LogP contribution in [0.1, 0.15) is 35.8 Å².